The largest absolute Gasteiger partial charge is 0.341 e. The molecule has 0 bridgehead atoms. The maximum atomic E-state index is 13.0. The number of rotatable bonds is 6. The summed E-state index contributed by atoms with van der Waals surface area (Å²) in [5.41, 5.74) is 2.04. The monoisotopic (exact) mass is 387 g/mol. The van der Waals surface area contributed by atoms with Crippen LogP contribution in [0.4, 0.5) is 5.95 Å². The molecule has 1 atom stereocenters. The molecule has 0 spiro atoms. The number of amides is 1. The fourth-order valence-corrected chi connectivity index (χ4v) is 4.59. The van der Waals surface area contributed by atoms with E-state index in [1.165, 1.54) is 12.8 Å². The van der Waals surface area contributed by atoms with Crippen molar-refractivity contribution in [2.75, 3.05) is 45.2 Å². The first kappa shape index (κ1) is 21.0. The second-order valence-electron chi connectivity index (χ2n) is 8.91. The molecule has 2 fully saturated rings. The summed E-state index contributed by atoms with van der Waals surface area (Å²) in [6, 6.07) is 2.45. The van der Waals surface area contributed by atoms with E-state index in [1.54, 1.807) is 0 Å². The molecule has 0 unspecified atom stereocenters. The zero-order chi connectivity index (χ0) is 20.1. The van der Waals surface area contributed by atoms with Crippen molar-refractivity contribution in [1.29, 1.82) is 0 Å². The number of anilines is 1. The Bertz CT molecular complexity index is 634. The van der Waals surface area contributed by atoms with Crippen LogP contribution in [0.1, 0.15) is 56.3 Å². The van der Waals surface area contributed by atoms with E-state index in [9.17, 15) is 4.79 Å². The number of hydrogen-bond acceptors (Lipinski definition) is 5. The summed E-state index contributed by atoms with van der Waals surface area (Å²) >= 11 is 0. The lowest BCUT2D eigenvalue weighted by molar-refractivity contribution is -0.136. The zero-order valence-electron chi connectivity index (χ0n) is 18.2. The fourth-order valence-electron chi connectivity index (χ4n) is 4.59. The average molecular weight is 388 g/mol. The van der Waals surface area contributed by atoms with Crippen LogP contribution in [-0.4, -0.2) is 72.0 Å². The van der Waals surface area contributed by atoms with Gasteiger partial charge in [-0.1, -0.05) is 0 Å². The van der Waals surface area contributed by atoms with Crippen molar-refractivity contribution < 1.29 is 4.79 Å². The van der Waals surface area contributed by atoms with Gasteiger partial charge in [-0.2, -0.15) is 0 Å². The highest BCUT2D eigenvalue weighted by atomic mass is 16.2. The quantitative estimate of drug-likeness (QED) is 0.751. The molecule has 0 radical (unpaired) electrons. The molecule has 156 valence electrons. The van der Waals surface area contributed by atoms with E-state index in [-0.39, 0.29) is 0 Å². The maximum absolute atomic E-state index is 13.0. The smallest absolute Gasteiger partial charge is 0.225 e. The summed E-state index contributed by atoms with van der Waals surface area (Å²) in [4.78, 5) is 28.9. The van der Waals surface area contributed by atoms with Crippen LogP contribution in [0.15, 0.2) is 6.07 Å². The van der Waals surface area contributed by atoms with Gasteiger partial charge >= 0.3 is 0 Å². The van der Waals surface area contributed by atoms with Crippen LogP contribution >= 0.6 is 0 Å². The molecule has 6 nitrogen and oxygen atoms in total. The highest BCUT2D eigenvalue weighted by molar-refractivity contribution is 5.77. The van der Waals surface area contributed by atoms with Gasteiger partial charge in [0.05, 0.1) is 0 Å². The van der Waals surface area contributed by atoms with Gasteiger partial charge in [0.15, 0.2) is 0 Å². The lowest BCUT2D eigenvalue weighted by atomic mass is 9.91. The Labute approximate surface area is 170 Å². The van der Waals surface area contributed by atoms with Crippen LogP contribution < -0.4 is 4.90 Å². The summed E-state index contributed by atoms with van der Waals surface area (Å²) in [5.74, 6) is 1.72. The molecule has 0 saturated carbocycles. The Morgan fingerprint density at radius 1 is 1.07 bits per heavy atom. The molecule has 1 aromatic heterocycles. The normalized spacial score (nSPS) is 21.4. The number of aromatic nitrogens is 2. The van der Waals surface area contributed by atoms with E-state index >= 15 is 0 Å². The molecule has 3 heterocycles. The Kier molecular flexibility index (Phi) is 7.27. The number of hydrogen-bond donors (Lipinski definition) is 0. The molecular formula is C22H37N5O. The first-order valence-corrected chi connectivity index (χ1v) is 10.9. The zero-order valence-corrected chi connectivity index (χ0v) is 18.2. The number of carbonyl (C=O) groups excluding carboxylic acids is 1. The Morgan fingerprint density at radius 3 is 2.39 bits per heavy atom. The lowest BCUT2D eigenvalue weighted by Gasteiger charge is -2.38. The predicted molar refractivity (Wildman–Crippen MR) is 114 cm³/mol. The van der Waals surface area contributed by atoms with Crippen LogP contribution in [0, 0.1) is 19.8 Å². The van der Waals surface area contributed by atoms with E-state index < -0.39 is 0 Å². The molecule has 0 aliphatic carbocycles. The van der Waals surface area contributed by atoms with Crippen LogP contribution in [0.3, 0.4) is 0 Å². The van der Waals surface area contributed by atoms with Crippen LogP contribution in [0.5, 0.6) is 0 Å². The maximum Gasteiger partial charge on any atom is 0.225 e. The minimum absolute atomic E-state index is 0.379. The van der Waals surface area contributed by atoms with Crippen molar-refractivity contribution in [3.8, 4) is 0 Å². The molecule has 1 amide bonds. The molecule has 2 aliphatic heterocycles. The minimum Gasteiger partial charge on any atom is -0.341 e. The third-order valence-corrected chi connectivity index (χ3v) is 6.19. The summed E-state index contributed by atoms with van der Waals surface area (Å²) in [7, 11) is 4.23. The van der Waals surface area contributed by atoms with E-state index in [4.69, 9.17) is 0 Å². The standard InChI is InChI=1S/C22H37N5O/c1-17-15-18(2)24-22(23-17)26-13-8-19(9-14-26)16-21(28)27-11-6-5-7-20(27)10-12-25(3)4/h15,19-20H,5-14,16H2,1-4H3/t20-/m0/s1. The van der Waals surface area contributed by atoms with Crippen molar-refractivity contribution in [3.05, 3.63) is 17.5 Å². The highest BCUT2D eigenvalue weighted by Gasteiger charge is 2.30. The number of aryl methyl sites for hydroxylation is 2. The van der Waals surface area contributed by atoms with Crippen LogP contribution in [-0.2, 0) is 4.79 Å². The van der Waals surface area contributed by atoms with E-state index in [0.29, 0.717) is 24.3 Å². The summed E-state index contributed by atoms with van der Waals surface area (Å²) in [6.45, 7) is 7.95. The highest BCUT2D eigenvalue weighted by Crippen LogP contribution is 2.27. The average Bonchev–Trinajstić information content (AvgIpc) is 2.66. The summed E-state index contributed by atoms with van der Waals surface area (Å²) in [5, 5.41) is 0. The second-order valence-corrected chi connectivity index (χ2v) is 8.91. The minimum atomic E-state index is 0.379. The van der Waals surface area contributed by atoms with Crippen LogP contribution in [0.2, 0.25) is 0 Å². The molecule has 0 N–H and O–H groups in total. The first-order valence-electron chi connectivity index (χ1n) is 10.9. The van der Waals surface area contributed by atoms with Crippen molar-refractivity contribution in [3.63, 3.8) is 0 Å². The van der Waals surface area contributed by atoms with Crippen molar-refractivity contribution in [1.82, 2.24) is 19.8 Å². The molecule has 0 aromatic carbocycles. The van der Waals surface area contributed by atoms with Gasteiger partial charge in [-0.15, -0.1) is 0 Å². The molecule has 6 heteroatoms. The van der Waals surface area contributed by atoms with Gasteiger partial charge in [-0.05, 0) is 85.0 Å². The third kappa shape index (κ3) is 5.66. The summed E-state index contributed by atoms with van der Waals surface area (Å²) in [6.07, 6.45) is 7.50. The number of carbonyl (C=O) groups is 1. The Balaban J connectivity index is 1.51. The van der Waals surface area contributed by atoms with E-state index in [0.717, 1.165) is 69.2 Å². The second kappa shape index (κ2) is 9.68. The predicted octanol–water partition coefficient (Wildman–Crippen LogP) is 3.03. The van der Waals surface area contributed by atoms with Gasteiger partial charge in [0.25, 0.3) is 0 Å². The lowest BCUT2D eigenvalue weighted by Crippen LogP contribution is -2.46. The molecule has 2 saturated heterocycles. The molecule has 3 rings (SSSR count). The van der Waals surface area contributed by atoms with Gasteiger partial charge in [0.2, 0.25) is 11.9 Å². The molecular weight excluding hydrogens is 350 g/mol. The van der Waals surface area contributed by atoms with Gasteiger partial charge in [-0.3, -0.25) is 4.79 Å². The first-order chi connectivity index (χ1) is 13.4. The van der Waals surface area contributed by atoms with Crippen LogP contribution in [0.25, 0.3) is 0 Å². The third-order valence-electron chi connectivity index (χ3n) is 6.19. The van der Waals surface area contributed by atoms with Crippen molar-refractivity contribution in [2.45, 2.75) is 64.8 Å². The Hall–Kier alpha value is -1.69. The fraction of sp³-hybridized carbons (Fsp3) is 0.773. The molecule has 2 aliphatic rings. The van der Waals surface area contributed by atoms with Gasteiger partial charge in [-0.25, -0.2) is 9.97 Å². The molecule has 28 heavy (non-hydrogen) atoms. The SMILES string of the molecule is Cc1cc(C)nc(N2CCC(CC(=O)N3CCCC[C@H]3CCN(C)C)CC2)n1. The van der Waals surface area contributed by atoms with E-state index in [1.807, 2.05) is 19.9 Å². The number of nitrogens with zero attached hydrogens (tertiary/aromatic N) is 5. The van der Waals surface area contributed by atoms with E-state index in [2.05, 4.69) is 38.8 Å². The summed E-state index contributed by atoms with van der Waals surface area (Å²) < 4.78 is 0. The van der Waals surface area contributed by atoms with Crippen molar-refractivity contribution in [2.24, 2.45) is 5.92 Å². The van der Waals surface area contributed by atoms with Gasteiger partial charge < -0.3 is 14.7 Å². The number of likely N-dealkylation sites (tertiary alicyclic amines) is 1. The van der Waals surface area contributed by atoms with Gasteiger partial charge in [0, 0.05) is 43.5 Å². The number of piperidine rings is 2. The topological polar surface area (TPSA) is 52.6 Å². The van der Waals surface area contributed by atoms with Gasteiger partial charge in [0.1, 0.15) is 0 Å². The molecule has 1 aromatic rings. The van der Waals surface area contributed by atoms with Crippen molar-refractivity contribution >= 4 is 11.9 Å². The Morgan fingerprint density at radius 2 is 1.75 bits per heavy atom.